The summed E-state index contributed by atoms with van der Waals surface area (Å²) in [6.07, 6.45) is 0. The maximum atomic E-state index is 12.3. The average Bonchev–Trinajstić information content (AvgIpc) is 3.16. The summed E-state index contributed by atoms with van der Waals surface area (Å²) < 4.78 is 32.7. The number of sulfonamides is 1. The SMILES string of the molecule is Cc1cc(-c2ccc(S(=O)(=O)NCc3ccc(C)o3)s2)n[nH]1. The van der Waals surface area contributed by atoms with Crippen LogP contribution >= 0.6 is 11.3 Å². The Bertz CT molecular complexity index is 890. The first-order valence-corrected chi connectivity index (χ1v) is 8.91. The molecule has 0 spiro atoms. The minimum atomic E-state index is -3.56. The molecule has 3 aromatic heterocycles. The second-order valence-electron chi connectivity index (χ2n) is 4.89. The Kier molecular flexibility index (Phi) is 3.90. The van der Waals surface area contributed by atoms with Crippen molar-refractivity contribution >= 4 is 21.4 Å². The molecule has 2 N–H and O–H groups in total. The van der Waals surface area contributed by atoms with Crippen LogP contribution in [0.15, 0.2) is 39.0 Å². The maximum absolute atomic E-state index is 12.3. The fourth-order valence-electron chi connectivity index (χ4n) is 1.96. The van der Waals surface area contributed by atoms with Crippen LogP contribution in [0.3, 0.4) is 0 Å². The van der Waals surface area contributed by atoms with E-state index < -0.39 is 10.0 Å². The number of aromatic nitrogens is 2. The van der Waals surface area contributed by atoms with Crippen LogP contribution in [-0.2, 0) is 16.6 Å². The summed E-state index contributed by atoms with van der Waals surface area (Å²) in [5.41, 5.74) is 1.67. The Hall–Kier alpha value is -1.90. The zero-order chi connectivity index (χ0) is 15.7. The zero-order valence-electron chi connectivity index (χ0n) is 12.1. The molecular formula is C14H15N3O3S2. The van der Waals surface area contributed by atoms with Gasteiger partial charge in [0.1, 0.15) is 21.4 Å². The van der Waals surface area contributed by atoms with Gasteiger partial charge in [-0.15, -0.1) is 11.3 Å². The van der Waals surface area contributed by atoms with Gasteiger partial charge in [-0.25, -0.2) is 13.1 Å². The number of H-pyrrole nitrogens is 1. The number of aromatic amines is 1. The third kappa shape index (κ3) is 3.13. The van der Waals surface area contributed by atoms with Gasteiger partial charge in [-0.05, 0) is 44.2 Å². The van der Waals surface area contributed by atoms with Crippen molar-refractivity contribution in [3.63, 3.8) is 0 Å². The van der Waals surface area contributed by atoms with Crippen molar-refractivity contribution in [2.75, 3.05) is 0 Å². The average molecular weight is 337 g/mol. The van der Waals surface area contributed by atoms with Gasteiger partial charge in [0.2, 0.25) is 10.0 Å². The molecule has 8 heteroatoms. The summed E-state index contributed by atoms with van der Waals surface area (Å²) in [5.74, 6) is 1.34. The Morgan fingerprint density at radius 2 is 2.09 bits per heavy atom. The summed E-state index contributed by atoms with van der Waals surface area (Å²) in [5, 5.41) is 6.98. The molecule has 3 rings (SSSR count). The first-order valence-electron chi connectivity index (χ1n) is 6.61. The van der Waals surface area contributed by atoms with Crippen molar-refractivity contribution in [2.45, 2.75) is 24.6 Å². The molecule has 3 aromatic rings. The highest BCUT2D eigenvalue weighted by Gasteiger charge is 2.18. The molecule has 0 atom stereocenters. The van der Waals surface area contributed by atoms with Crippen molar-refractivity contribution in [2.24, 2.45) is 0 Å². The van der Waals surface area contributed by atoms with Crippen LogP contribution in [0, 0.1) is 13.8 Å². The molecule has 116 valence electrons. The molecule has 0 saturated heterocycles. The number of nitrogens with zero attached hydrogens (tertiary/aromatic N) is 1. The van der Waals surface area contributed by atoms with E-state index in [1.165, 1.54) is 11.3 Å². The molecule has 0 aliphatic heterocycles. The standard InChI is InChI=1S/C14H15N3O3S2/c1-9-7-12(17-16-9)13-5-6-14(21-13)22(18,19)15-8-11-4-3-10(2)20-11/h3-7,15H,8H2,1-2H3,(H,16,17). The highest BCUT2D eigenvalue weighted by atomic mass is 32.2. The highest BCUT2D eigenvalue weighted by Crippen LogP contribution is 2.29. The third-order valence-electron chi connectivity index (χ3n) is 3.04. The summed E-state index contributed by atoms with van der Waals surface area (Å²) in [4.78, 5) is 0.804. The lowest BCUT2D eigenvalue weighted by molar-refractivity contribution is 0.475. The maximum Gasteiger partial charge on any atom is 0.250 e. The van der Waals surface area contributed by atoms with Crippen molar-refractivity contribution in [1.29, 1.82) is 0 Å². The van der Waals surface area contributed by atoms with E-state index in [2.05, 4.69) is 14.9 Å². The van der Waals surface area contributed by atoms with Crippen LogP contribution in [0.2, 0.25) is 0 Å². The third-order valence-corrected chi connectivity index (χ3v) is 6.04. The number of furan rings is 1. The molecule has 22 heavy (non-hydrogen) atoms. The van der Waals surface area contributed by atoms with E-state index in [4.69, 9.17) is 4.42 Å². The van der Waals surface area contributed by atoms with Gasteiger partial charge in [-0.2, -0.15) is 5.10 Å². The van der Waals surface area contributed by atoms with E-state index in [9.17, 15) is 8.42 Å². The van der Waals surface area contributed by atoms with Gasteiger partial charge in [-0.3, -0.25) is 5.10 Å². The van der Waals surface area contributed by atoms with Crippen molar-refractivity contribution in [3.8, 4) is 10.6 Å². The number of rotatable bonds is 5. The zero-order valence-corrected chi connectivity index (χ0v) is 13.7. The largest absolute Gasteiger partial charge is 0.465 e. The summed E-state index contributed by atoms with van der Waals surface area (Å²) in [6.45, 7) is 3.84. The second kappa shape index (κ2) is 5.71. The molecule has 0 fully saturated rings. The Balaban J connectivity index is 1.76. The van der Waals surface area contributed by atoms with Gasteiger partial charge >= 0.3 is 0 Å². The number of thiophene rings is 1. The van der Waals surface area contributed by atoms with Crippen molar-refractivity contribution in [1.82, 2.24) is 14.9 Å². The van der Waals surface area contributed by atoms with Gasteiger partial charge < -0.3 is 4.42 Å². The molecule has 0 aliphatic carbocycles. The number of nitrogens with one attached hydrogen (secondary N) is 2. The van der Waals surface area contributed by atoms with Crippen LogP contribution < -0.4 is 4.72 Å². The molecule has 3 heterocycles. The van der Waals surface area contributed by atoms with Crippen LogP contribution in [0.1, 0.15) is 17.2 Å². The van der Waals surface area contributed by atoms with Crippen LogP contribution in [0.25, 0.3) is 10.6 Å². The molecule has 0 amide bonds. The lowest BCUT2D eigenvalue weighted by atomic mass is 10.3. The van der Waals surface area contributed by atoms with E-state index in [1.54, 1.807) is 24.3 Å². The Morgan fingerprint density at radius 3 is 2.73 bits per heavy atom. The van der Waals surface area contributed by atoms with E-state index in [1.807, 2.05) is 19.9 Å². The normalized spacial score (nSPS) is 11.9. The highest BCUT2D eigenvalue weighted by molar-refractivity contribution is 7.91. The van der Waals surface area contributed by atoms with Gasteiger partial charge in [0.05, 0.1) is 11.4 Å². The fraction of sp³-hybridized carbons (Fsp3) is 0.214. The van der Waals surface area contributed by atoms with Crippen molar-refractivity contribution < 1.29 is 12.8 Å². The van der Waals surface area contributed by atoms with Gasteiger partial charge in [0.15, 0.2) is 0 Å². The number of hydrogen-bond donors (Lipinski definition) is 2. The Labute approximate surface area is 132 Å². The second-order valence-corrected chi connectivity index (χ2v) is 7.97. The van der Waals surface area contributed by atoms with Crippen LogP contribution in [-0.4, -0.2) is 18.6 Å². The monoisotopic (exact) mass is 337 g/mol. The lowest BCUT2D eigenvalue weighted by Gasteiger charge is -2.02. The molecule has 0 bridgehead atoms. The Morgan fingerprint density at radius 1 is 1.27 bits per heavy atom. The molecule has 0 aromatic carbocycles. The van der Waals surface area contributed by atoms with Gasteiger partial charge in [-0.1, -0.05) is 0 Å². The smallest absolute Gasteiger partial charge is 0.250 e. The summed E-state index contributed by atoms with van der Waals surface area (Å²) in [6, 6.07) is 8.77. The van der Waals surface area contributed by atoms with E-state index >= 15 is 0 Å². The number of aryl methyl sites for hydroxylation is 2. The summed E-state index contributed by atoms with van der Waals surface area (Å²) >= 11 is 1.18. The topological polar surface area (TPSA) is 88.0 Å². The molecule has 0 unspecified atom stereocenters. The molecule has 6 nitrogen and oxygen atoms in total. The van der Waals surface area contributed by atoms with E-state index in [-0.39, 0.29) is 10.8 Å². The lowest BCUT2D eigenvalue weighted by Crippen LogP contribution is -2.22. The minimum absolute atomic E-state index is 0.130. The van der Waals surface area contributed by atoms with Gasteiger partial charge in [0, 0.05) is 5.69 Å². The predicted octanol–water partition coefficient (Wildman–Crippen LogP) is 2.83. The van der Waals surface area contributed by atoms with Gasteiger partial charge in [0.25, 0.3) is 0 Å². The molecule has 0 saturated carbocycles. The first kappa shape index (κ1) is 15.0. The fourth-order valence-corrected chi connectivity index (χ4v) is 4.27. The summed E-state index contributed by atoms with van der Waals surface area (Å²) in [7, 11) is -3.56. The molecular weight excluding hydrogens is 322 g/mol. The molecule has 0 radical (unpaired) electrons. The molecule has 0 aliphatic rings. The first-order chi connectivity index (χ1) is 10.4. The number of hydrogen-bond acceptors (Lipinski definition) is 5. The van der Waals surface area contributed by atoms with E-state index in [0.29, 0.717) is 5.76 Å². The van der Waals surface area contributed by atoms with Crippen LogP contribution in [0.5, 0.6) is 0 Å². The van der Waals surface area contributed by atoms with Crippen LogP contribution in [0.4, 0.5) is 0 Å². The van der Waals surface area contributed by atoms with E-state index in [0.717, 1.165) is 22.0 Å². The quantitative estimate of drug-likeness (QED) is 0.749. The van der Waals surface area contributed by atoms with Crippen molar-refractivity contribution in [3.05, 3.63) is 47.5 Å². The predicted molar refractivity (Wildman–Crippen MR) is 84.1 cm³/mol. The minimum Gasteiger partial charge on any atom is -0.465 e.